The molecule has 11 heteroatoms. The second-order valence-corrected chi connectivity index (χ2v) is 9.70. The van der Waals surface area contributed by atoms with Crippen LogP contribution in [0, 0.1) is 21.4 Å². The number of ether oxygens (including phenoxy) is 3. The topological polar surface area (TPSA) is 138 Å². The Morgan fingerprint density at radius 2 is 1.80 bits per heavy atom. The van der Waals surface area contributed by atoms with E-state index in [2.05, 4.69) is 6.07 Å². The number of nitrogens with zero attached hydrogens (tertiary/aromatic N) is 2. The van der Waals surface area contributed by atoms with E-state index in [0.29, 0.717) is 16.3 Å². The van der Waals surface area contributed by atoms with Crippen LogP contribution in [0.2, 0.25) is 10.0 Å². The number of halogens is 2. The second kappa shape index (κ2) is 11.6. The van der Waals surface area contributed by atoms with Gasteiger partial charge in [0.25, 0.3) is 5.69 Å². The van der Waals surface area contributed by atoms with Crippen LogP contribution in [0.15, 0.2) is 96.4 Å². The molecule has 1 aliphatic heterocycles. The molecule has 1 unspecified atom stereocenters. The van der Waals surface area contributed by atoms with Crippen molar-refractivity contribution in [3.8, 4) is 23.3 Å². The molecule has 0 fully saturated rings. The van der Waals surface area contributed by atoms with Crippen molar-refractivity contribution >= 4 is 34.9 Å². The number of allylic oxidation sites excluding steroid dienone is 1. The lowest BCUT2D eigenvalue weighted by Gasteiger charge is -2.27. The number of esters is 1. The largest absolute Gasteiger partial charge is 0.489 e. The molecule has 9 nitrogen and oxygen atoms in total. The number of carbonyl (C=O) groups is 1. The summed E-state index contributed by atoms with van der Waals surface area (Å²) in [5, 5.41) is 21.6. The monoisotopic (exact) mass is 587 g/mol. The van der Waals surface area contributed by atoms with Crippen LogP contribution in [0.25, 0.3) is 0 Å². The van der Waals surface area contributed by atoms with E-state index >= 15 is 0 Å². The average Bonchev–Trinajstić information content (AvgIpc) is 2.96. The van der Waals surface area contributed by atoms with Gasteiger partial charge in [0.05, 0.1) is 21.4 Å². The summed E-state index contributed by atoms with van der Waals surface area (Å²) in [6, 6.07) is 24.8. The molecule has 204 valence electrons. The summed E-state index contributed by atoms with van der Waals surface area (Å²) in [6.45, 7) is 0.250. The molecule has 0 bridgehead atoms. The van der Waals surface area contributed by atoms with Gasteiger partial charge in [-0.25, -0.2) is 4.79 Å². The molecule has 1 heterocycles. The summed E-state index contributed by atoms with van der Waals surface area (Å²) >= 11 is 12.3. The Hall–Kier alpha value is -5.04. The molecule has 0 aliphatic carbocycles. The van der Waals surface area contributed by atoms with E-state index in [-0.39, 0.29) is 45.8 Å². The highest BCUT2D eigenvalue weighted by Gasteiger charge is 2.31. The number of nitriles is 1. The lowest BCUT2D eigenvalue weighted by atomic mass is 9.83. The minimum atomic E-state index is -0.893. The molecule has 4 aromatic rings. The van der Waals surface area contributed by atoms with E-state index in [1.807, 2.05) is 24.3 Å². The zero-order valence-corrected chi connectivity index (χ0v) is 22.6. The molecule has 0 saturated heterocycles. The summed E-state index contributed by atoms with van der Waals surface area (Å²) in [4.78, 5) is 23.3. The van der Waals surface area contributed by atoms with E-state index in [1.165, 1.54) is 24.3 Å². The minimum Gasteiger partial charge on any atom is -0.489 e. The summed E-state index contributed by atoms with van der Waals surface area (Å²) in [6.07, 6.45) is 0. The van der Waals surface area contributed by atoms with Gasteiger partial charge in [-0.15, -0.1) is 0 Å². The maximum Gasteiger partial charge on any atom is 0.345 e. The van der Waals surface area contributed by atoms with Crippen LogP contribution in [-0.4, -0.2) is 10.9 Å². The summed E-state index contributed by atoms with van der Waals surface area (Å²) in [5.41, 5.74) is 8.00. The maximum absolute atomic E-state index is 12.8. The van der Waals surface area contributed by atoms with Crippen molar-refractivity contribution in [3.63, 3.8) is 0 Å². The number of hydrogen-bond acceptors (Lipinski definition) is 8. The van der Waals surface area contributed by atoms with Gasteiger partial charge in [-0.1, -0.05) is 59.6 Å². The fourth-order valence-electron chi connectivity index (χ4n) is 4.35. The van der Waals surface area contributed by atoms with Gasteiger partial charge in [0.2, 0.25) is 5.88 Å². The van der Waals surface area contributed by atoms with Crippen LogP contribution >= 0.6 is 23.2 Å². The quantitative estimate of drug-likeness (QED) is 0.106. The van der Waals surface area contributed by atoms with E-state index in [0.717, 1.165) is 17.2 Å². The highest BCUT2D eigenvalue weighted by molar-refractivity contribution is 6.33. The van der Waals surface area contributed by atoms with Crippen molar-refractivity contribution < 1.29 is 23.9 Å². The van der Waals surface area contributed by atoms with Crippen molar-refractivity contribution in [2.45, 2.75) is 12.5 Å². The van der Waals surface area contributed by atoms with E-state index in [9.17, 15) is 20.2 Å². The zero-order valence-electron chi connectivity index (χ0n) is 21.0. The van der Waals surface area contributed by atoms with Gasteiger partial charge in [-0.3, -0.25) is 10.1 Å². The standard InChI is InChI=1S/C30H19Cl2N3O6/c31-25-7-2-1-4-18(25)16-39-20-6-3-5-17(12-20)28-22-10-9-21(14-27(22)41-29(34)24(28)15-33)40-30(36)23-13-19(35(37)38)8-11-26(23)32/h1-14,28H,16,34H2. The molecule has 0 radical (unpaired) electrons. The first-order chi connectivity index (χ1) is 19.7. The minimum absolute atomic E-state index is 0.00245. The average molecular weight is 588 g/mol. The first-order valence-corrected chi connectivity index (χ1v) is 12.8. The summed E-state index contributed by atoms with van der Waals surface area (Å²) in [5.74, 6) is -0.674. The van der Waals surface area contributed by atoms with Crippen LogP contribution in [0.4, 0.5) is 5.69 Å². The molecule has 0 aromatic heterocycles. The van der Waals surface area contributed by atoms with Gasteiger partial charge in [0, 0.05) is 34.3 Å². The van der Waals surface area contributed by atoms with E-state index in [1.54, 1.807) is 30.3 Å². The Morgan fingerprint density at radius 1 is 1.00 bits per heavy atom. The predicted octanol–water partition coefficient (Wildman–Crippen LogP) is 6.92. The molecule has 0 amide bonds. The molecule has 0 saturated carbocycles. The lowest BCUT2D eigenvalue weighted by Crippen LogP contribution is -2.21. The van der Waals surface area contributed by atoms with Crippen molar-refractivity contribution in [3.05, 3.63) is 139 Å². The zero-order chi connectivity index (χ0) is 29.1. The van der Waals surface area contributed by atoms with Gasteiger partial charge < -0.3 is 19.9 Å². The molecular formula is C30H19Cl2N3O6. The number of non-ortho nitro benzene ring substituents is 1. The molecule has 0 spiro atoms. The van der Waals surface area contributed by atoms with Gasteiger partial charge in [0.15, 0.2) is 0 Å². The van der Waals surface area contributed by atoms with Gasteiger partial charge in [-0.05, 0) is 35.9 Å². The van der Waals surface area contributed by atoms with Crippen molar-refractivity contribution in [1.82, 2.24) is 0 Å². The third kappa shape index (κ3) is 5.79. The van der Waals surface area contributed by atoms with Crippen molar-refractivity contribution in [2.24, 2.45) is 5.73 Å². The van der Waals surface area contributed by atoms with E-state index < -0.39 is 16.8 Å². The SMILES string of the molecule is N#CC1=C(N)Oc2cc(OC(=O)c3cc([N+](=O)[O-])ccc3Cl)ccc2C1c1cccc(OCc2ccccc2Cl)c1. The molecule has 2 N–H and O–H groups in total. The third-order valence-corrected chi connectivity index (χ3v) is 7.02. The predicted molar refractivity (Wildman–Crippen MR) is 151 cm³/mol. The molecule has 1 aliphatic rings. The van der Waals surface area contributed by atoms with Gasteiger partial charge in [0.1, 0.15) is 35.5 Å². The number of benzene rings is 4. The molecule has 5 rings (SSSR count). The highest BCUT2D eigenvalue weighted by atomic mass is 35.5. The summed E-state index contributed by atoms with van der Waals surface area (Å²) in [7, 11) is 0. The van der Waals surface area contributed by atoms with Gasteiger partial charge >= 0.3 is 5.97 Å². The third-order valence-electron chi connectivity index (χ3n) is 6.33. The Kier molecular flexibility index (Phi) is 7.79. The first-order valence-electron chi connectivity index (χ1n) is 12.1. The Balaban J connectivity index is 1.43. The smallest absolute Gasteiger partial charge is 0.345 e. The summed E-state index contributed by atoms with van der Waals surface area (Å²) < 4.78 is 17.1. The van der Waals surface area contributed by atoms with Crippen LogP contribution in [0.3, 0.4) is 0 Å². The van der Waals surface area contributed by atoms with Crippen LogP contribution in [0.5, 0.6) is 17.2 Å². The first kappa shape index (κ1) is 27.5. The normalized spacial score (nSPS) is 13.9. The van der Waals surface area contributed by atoms with Crippen LogP contribution in [-0.2, 0) is 6.61 Å². The van der Waals surface area contributed by atoms with Gasteiger partial charge in [-0.2, -0.15) is 5.26 Å². The van der Waals surface area contributed by atoms with Crippen LogP contribution in [0.1, 0.15) is 33.0 Å². The van der Waals surface area contributed by atoms with Crippen LogP contribution < -0.4 is 19.9 Å². The molecule has 4 aromatic carbocycles. The van der Waals surface area contributed by atoms with E-state index in [4.69, 9.17) is 43.1 Å². The maximum atomic E-state index is 12.8. The fourth-order valence-corrected chi connectivity index (χ4v) is 4.73. The van der Waals surface area contributed by atoms with Crippen molar-refractivity contribution in [2.75, 3.05) is 0 Å². The number of rotatable bonds is 7. The lowest BCUT2D eigenvalue weighted by molar-refractivity contribution is -0.384. The Labute approximate surface area is 244 Å². The fraction of sp³-hybridized carbons (Fsp3) is 0.0667. The second-order valence-electron chi connectivity index (χ2n) is 8.89. The highest BCUT2D eigenvalue weighted by Crippen LogP contribution is 2.44. The number of nitro groups is 1. The Morgan fingerprint density at radius 3 is 2.56 bits per heavy atom. The number of nitrogens with two attached hydrogens (primary N) is 1. The number of fused-ring (bicyclic) bond motifs is 1. The molecule has 1 atom stereocenters. The Bertz CT molecular complexity index is 1770. The number of hydrogen-bond donors (Lipinski definition) is 1. The molecular weight excluding hydrogens is 569 g/mol. The van der Waals surface area contributed by atoms with Crippen molar-refractivity contribution in [1.29, 1.82) is 5.26 Å². The number of carbonyl (C=O) groups excluding carboxylic acids is 1. The molecule has 41 heavy (non-hydrogen) atoms. The number of nitro benzene ring substituents is 1.